The summed E-state index contributed by atoms with van der Waals surface area (Å²) in [6.45, 7) is 1.44. The molecule has 0 aromatic heterocycles. The molecule has 0 aromatic rings. The van der Waals surface area contributed by atoms with Crippen molar-refractivity contribution in [2.75, 3.05) is 0 Å². The fraction of sp³-hybridized carbons (Fsp3) is 0.333. The van der Waals surface area contributed by atoms with Crippen molar-refractivity contribution in [3.63, 3.8) is 0 Å². The Morgan fingerprint density at radius 2 is 2.50 bits per heavy atom. The second kappa shape index (κ2) is 3.03. The number of amides is 1. The van der Waals surface area contributed by atoms with Crippen molar-refractivity contribution in [3.8, 4) is 0 Å². The standard InChI is InChI=1S/C3H6NOS/c1-3(5)4-6-2/h2H2,1H3,(H,4,5). The van der Waals surface area contributed by atoms with Crippen LogP contribution in [0.1, 0.15) is 6.92 Å². The Bertz CT molecular complexity index is 54.8. The van der Waals surface area contributed by atoms with Gasteiger partial charge in [-0.05, 0) is 11.9 Å². The zero-order valence-electron chi connectivity index (χ0n) is 3.52. The second-order valence-corrected chi connectivity index (χ2v) is 1.30. The van der Waals surface area contributed by atoms with Crippen LogP contribution in [0.3, 0.4) is 0 Å². The summed E-state index contributed by atoms with van der Waals surface area (Å²) in [6.07, 6.45) is 3.31. The van der Waals surface area contributed by atoms with Gasteiger partial charge in [0, 0.05) is 13.2 Å². The zero-order chi connectivity index (χ0) is 4.99. The summed E-state index contributed by atoms with van der Waals surface area (Å²) in [5.74, 6) is -0.0602. The normalized spacial score (nSPS) is 7.67. The highest BCUT2D eigenvalue weighted by atomic mass is 32.2. The Labute approximate surface area is 41.4 Å². The lowest BCUT2D eigenvalue weighted by Crippen LogP contribution is -2.07. The highest BCUT2D eigenvalue weighted by molar-refractivity contribution is 7.99. The molecule has 1 amide bonds. The van der Waals surface area contributed by atoms with Crippen molar-refractivity contribution in [1.29, 1.82) is 0 Å². The van der Waals surface area contributed by atoms with Gasteiger partial charge in [-0.25, -0.2) is 0 Å². The molecule has 3 heteroatoms. The quantitative estimate of drug-likeness (QED) is 0.492. The van der Waals surface area contributed by atoms with Crippen LogP contribution in [0.4, 0.5) is 0 Å². The van der Waals surface area contributed by atoms with Gasteiger partial charge in [0.2, 0.25) is 5.91 Å². The summed E-state index contributed by atoms with van der Waals surface area (Å²) < 4.78 is 2.38. The number of rotatable bonds is 1. The van der Waals surface area contributed by atoms with Crippen LogP contribution in [0.15, 0.2) is 0 Å². The van der Waals surface area contributed by atoms with Crippen LogP contribution >= 0.6 is 11.9 Å². The molecule has 1 radical (unpaired) electrons. The van der Waals surface area contributed by atoms with Crippen molar-refractivity contribution < 1.29 is 4.79 Å². The van der Waals surface area contributed by atoms with E-state index in [0.29, 0.717) is 0 Å². The third-order valence-corrected chi connectivity index (χ3v) is 0.648. The number of hydrogen-bond donors (Lipinski definition) is 1. The molecule has 0 aliphatic rings. The Balaban J connectivity index is 2.83. The highest BCUT2D eigenvalue weighted by Gasteiger charge is 1.80. The average molecular weight is 104 g/mol. The van der Waals surface area contributed by atoms with Gasteiger partial charge in [-0.3, -0.25) is 4.79 Å². The van der Waals surface area contributed by atoms with Crippen LogP contribution in [0.5, 0.6) is 0 Å². The van der Waals surface area contributed by atoms with Gasteiger partial charge in [0.05, 0.1) is 0 Å². The fourth-order valence-corrected chi connectivity index (χ4v) is 0.305. The SMILES string of the molecule is [CH2]SNC(C)=O. The first-order valence-corrected chi connectivity index (χ1v) is 2.43. The first-order valence-electron chi connectivity index (χ1n) is 1.45. The monoisotopic (exact) mass is 104 g/mol. The summed E-state index contributed by atoms with van der Waals surface area (Å²) >= 11 is 1.06. The lowest BCUT2D eigenvalue weighted by Gasteiger charge is -1.87. The van der Waals surface area contributed by atoms with Crippen molar-refractivity contribution in [2.24, 2.45) is 0 Å². The average Bonchev–Trinajstić information content (AvgIpc) is 1.35. The summed E-state index contributed by atoms with van der Waals surface area (Å²) in [5.41, 5.74) is 0. The highest BCUT2D eigenvalue weighted by Crippen LogP contribution is 1.81. The molecule has 0 unspecified atom stereocenters. The molecule has 0 bridgehead atoms. The molecule has 0 rings (SSSR count). The Hall–Kier alpha value is -0.180. The summed E-state index contributed by atoms with van der Waals surface area (Å²) in [5, 5.41) is 0. The van der Waals surface area contributed by atoms with Crippen LogP contribution in [0, 0.1) is 6.26 Å². The maximum Gasteiger partial charge on any atom is 0.226 e. The van der Waals surface area contributed by atoms with E-state index in [0.717, 1.165) is 11.9 Å². The van der Waals surface area contributed by atoms with E-state index in [1.165, 1.54) is 6.92 Å². The van der Waals surface area contributed by atoms with E-state index in [9.17, 15) is 4.79 Å². The minimum atomic E-state index is -0.0602. The molecule has 0 spiro atoms. The fourth-order valence-electron chi connectivity index (χ4n) is 0.102. The van der Waals surface area contributed by atoms with Crippen molar-refractivity contribution in [1.82, 2.24) is 4.72 Å². The minimum absolute atomic E-state index is 0.0602. The summed E-state index contributed by atoms with van der Waals surface area (Å²) in [4.78, 5) is 9.87. The van der Waals surface area contributed by atoms with Gasteiger partial charge in [0.1, 0.15) is 0 Å². The lowest BCUT2D eigenvalue weighted by molar-refractivity contribution is -0.117. The van der Waals surface area contributed by atoms with Crippen LogP contribution < -0.4 is 4.72 Å². The minimum Gasteiger partial charge on any atom is -0.300 e. The summed E-state index contributed by atoms with van der Waals surface area (Å²) in [6, 6.07) is 0. The first-order chi connectivity index (χ1) is 2.77. The molecule has 0 saturated carbocycles. The number of carbonyl (C=O) groups excluding carboxylic acids is 1. The van der Waals surface area contributed by atoms with Crippen LogP contribution in [-0.2, 0) is 4.79 Å². The largest absolute Gasteiger partial charge is 0.300 e. The molecule has 0 fully saturated rings. The van der Waals surface area contributed by atoms with E-state index in [2.05, 4.69) is 11.0 Å². The Kier molecular flexibility index (Phi) is 2.94. The number of carbonyl (C=O) groups is 1. The van der Waals surface area contributed by atoms with Crippen molar-refractivity contribution in [2.45, 2.75) is 6.92 Å². The van der Waals surface area contributed by atoms with E-state index in [4.69, 9.17) is 0 Å². The summed E-state index contributed by atoms with van der Waals surface area (Å²) in [7, 11) is 0. The number of nitrogens with one attached hydrogen (secondary N) is 1. The molecule has 0 atom stereocenters. The Morgan fingerprint density at radius 3 is 2.50 bits per heavy atom. The maximum absolute atomic E-state index is 9.87. The molecular formula is C3H6NOS. The zero-order valence-corrected chi connectivity index (χ0v) is 4.34. The van der Waals surface area contributed by atoms with E-state index >= 15 is 0 Å². The van der Waals surface area contributed by atoms with Gasteiger partial charge in [0.25, 0.3) is 0 Å². The van der Waals surface area contributed by atoms with Crippen LogP contribution in [0.2, 0.25) is 0 Å². The van der Waals surface area contributed by atoms with Gasteiger partial charge >= 0.3 is 0 Å². The van der Waals surface area contributed by atoms with Crippen molar-refractivity contribution >= 4 is 17.9 Å². The predicted molar refractivity (Wildman–Crippen MR) is 26.8 cm³/mol. The molecule has 6 heavy (non-hydrogen) atoms. The molecular weight excluding hydrogens is 98.1 g/mol. The lowest BCUT2D eigenvalue weighted by atomic mass is 10.8. The van der Waals surface area contributed by atoms with Crippen molar-refractivity contribution in [3.05, 3.63) is 6.26 Å². The van der Waals surface area contributed by atoms with Gasteiger partial charge in [0.15, 0.2) is 0 Å². The topological polar surface area (TPSA) is 29.1 Å². The van der Waals surface area contributed by atoms with E-state index in [1.54, 1.807) is 0 Å². The van der Waals surface area contributed by atoms with Gasteiger partial charge < -0.3 is 4.72 Å². The van der Waals surface area contributed by atoms with Gasteiger partial charge in [-0.2, -0.15) is 0 Å². The molecule has 0 heterocycles. The first kappa shape index (κ1) is 5.82. The third kappa shape index (κ3) is 3.82. The molecule has 35 valence electrons. The van der Waals surface area contributed by atoms with Crippen LogP contribution in [-0.4, -0.2) is 5.91 Å². The second-order valence-electron chi connectivity index (χ2n) is 0.803. The Morgan fingerprint density at radius 1 is 2.00 bits per heavy atom. The molecule has 1 N–H and O–H groups in total. The predicted octanol–water partition coefficient (Wildman–Crippen LogP) is 0.562. The van der Waals surface area contributed by atoms with E-state index in [-0.39, 0.29) is 5.91 Å². The molecule has 0 saturated heterocycles. The van der Waals surface area contributed by atoms with E-state index in [1.807, 2.05) is 0 Å². The van der Waals surface area contributed by atoms with Crippen LogP contribution in [0.25, 0.3) is 0 Å². The number of hydrogen-bond acceptors (Lipinski definition) is 2. The van der Waals surface area contributed by atoms with Gasteiger partial charge in [-0.15, -0.1) is 0 Å². The van der Waals surface area contributed by atoms with E-state index < -0.39 is 0 Å². The van der Waals surface area contributed by atoms with Gasteiger partial charge in [-0.1, -0.05) is 0 Å². The molecule has 2 nitrogen and oxygen atoms in total. The smallest absolute Gasteiger partial charge is 0.226 e. The molecule has 0 aliphatic heterocycles. The maximum atomic E-state index is 9.87. The molecule has 0 aromatic carbocycles. The third-order valence-electron chi connectivity index (χ3n) is 0.216. The molecule has 0 aliphatic carbocycles.